The first-order valence-electron chi connectivity index (χ1n) is 15.2. The van der Waals surface area contributed by atoms with E-state index in [2.05, 4.69) is 74.9 Å². The molecule has 5 N–H and O–H groups in total. The summed E-state index contributed by atoms with van der Waals surface area (Å²) in [4.78, 5) is 0. The van der Waals surface area contributed by atoms with E-state index in [4.69, 9.17) is 14.7 Å². The van der Waals surface area contributed by atoms with Gasteiger partial charge in [-0.15, -0.1) is 5.92 Å². The van der Waals surface area contributed by atoms with Crippen molar-refractivity contribution in [3.05, 3.63) is 13.3 Å². The van der Waals surface area contributed by atoms with Crippen LogP contribution in [0.25, 0.3) is 0 Å². The molecule has 1 saturated heterocycles. The van der Waals surface area contributed by atoms with Crippen molar-refractivity contribution in [1.29, 1.82) is 0 Å². The Morgan fingerprint density at radius 3 is 1.68 bits per heavy atom. The van der Waals surface area contributed by atoms with Crippen LogP contribution in [-0.2, 0) is 9.47 Å². The predicted octanol–water partition coefficient (Wildman–Crippen LogP) is 7.32. The van der Waals surface area contributed by atoms with Crippen LogP contribution in [0.2, 0.25) is 0 Å². The molecular formula is C32H71NO6SU. The number of hydrogen-bond donors (Lipinski definition) is 6. The Balaban J connectivity index is -0.000000187. The number of hydrogen-bond acceptors (Lipinski definition) is 8. The largest absolute Gasteiger partial charge is 2.00 e. The molecule has 0 radical (unpaired) electrons. The minimum atomic E-state index is -0.882. The van der Waals surface area contributed by atoms with Crippen molar-refractivity contribution in [2.24, 2.45) is 28.6 Å². The van der Waals surface area contributed by atoms with Gasteiger partial charge >= 0.3 is 31.1 Å². The Hall–Kier alpha value is 1.12. The molecule has 0 spiro atoms. The SMILES string of the molecule is CC.CC(S)NO.CCC.CCC(C)C1[CH-]C(O)C(CO)OC1OCC(C)(C)C(C)(C)O.[CH2-]C(C)(C)CC(C)C.[U+2]. The summed E-state index contributed by atoms with van der Waals surface area (Å²) in [6.07, 6.45) is 3.27. The average Bonchev–Trinajstić information content (AvgIpc) is 2.82. The molecule has 41 heavy (non-hydrogen) atoms. The quantitative estimate of drug-likeness (QED) is 0.0593. The first-order chi connectivity index (χ1) is 18.1. The molecule has 250 valence electrons. The first-order valence-corrected chi connectivity index (χ1v) is 15.7. The van der Waals surface area contributed by atoms with Crippen LogP contribution in [-0.4, -0.2) is 63.2 Å². The normalized spacial score (nSPS) is 22.1. The summed E-state index contributed by atoms with van der Waals surface area (Å²) >= 11 is 3.74. The van der Waals surface area contributed by atoms with Gasteiger partial charge in [-0.25, -0.2) is 0 Å². The van der Waals surface area contributed by atoms with Crippen molar-refractivity contribution in [2.45, 2.75) is 153 Å². The molecule has 1 aliphatic heterocycles. The Morgan fingerprint density at radius 1 is 1.02 bits per heavy atom. The van der Waals surface area contributed by atoms with Gasteiger partial charge in [0.05, 0.1) is 30.3 Å². The molecule has 1 rings (SSSR count). The zero-order valence-corrected chi connectivity index (χ0v) is 34.5. The summed E-state index contributed by atoms with van der Waals surface area (Å²) in [6, 6.07) is 0. The van der Waals surface area contributed by atoms with Crippen molar-refractivity contribution in [1.82, 2.24) is 5.48 Å². The van der Waals surface area contributed by atoms with E-state index in [1.165, 1.54) is 12.8 Å². The molecular weight excluding hydrogens is 764 g/mol. The van der Waals surface area contributed by atoms with E-state index in [0.29, 0.717) is 12.5 Å². The molecule has 6 unspecified atom stereocenters. The number of aliphatic hydroxyl groups excluding tert-OH is 2. The van der Waals surface area contributed by atoms with E-state index in [9.17, 15) is 15.3 Å². The van der Waals surface area contributed by atoms with Crippen molar-refractivity contribution in [2.75, 3.05) is 13.2 Å². The Kier molecular flexibility index (Phi) is 34.6. The predicted molar refractivity (Wildman–Crippen MR) is 174 cm³/mol. The summed E-state index contributed by atoms with van der Waals surface area (Å²) in [5.41, 5.74) is 0.839. The van der Waals surface area contributed by atoms with Crippen LogP contribution in [0, 0.1) is 73.0 Å². The standard InChI is InChI=1S/C17H33O5.C8H17.C3H8.C2H7NOS.C2H6.U/c1-7-11(2)12-8-13(19)14(9-18)22-15(12)21-10-16(3,4)17(5,6)20;1-7(2)6-8(3,4)5;1-3-2;1-2(5)3-4;1-2;/h8,11-15,18-20H,7,9-10H2,1-6H3;7H,3,6H2,1-2,4-5H3;3H2,1-2H3;2-5H,1H3;1-2H3;/q2*-1;;;;+2. The second-order valence-electron chi connectivity index (χ2n) is 12.9. The summed E-state index contributed by atoms with van der Waals surface area (Å²) in [5.74, 6) is 1.03. The molecule has 0 amide bonds. The molecule has 6 atom stereocenters. The van der Waals surface area contributed by atoms with Gasteiger partial charge in [-0.3, -0.25) is 6.42 Å². The zero-order chi connectivity index (χ0) is 32.9. The molecule has 0 aromatic carbocycles. The van der Waals surface area contributed by atoms with Crippen LogP contribution in [0.3, 0.4) is 0 Å². The second kappa shape index (κ2) is 27.4. The first kappa shape index (κ1) is 51.7. The zero-order valence-electron chi connectivity index (χ0n) is 29.4. The van der Waals surface area contributed by atoms with Gasteiger partial charge < -0.3 is 36.9 Å². The molecule has 0 bridgehead atoms. The van der Waals surface area contributed by atoms with E-state index >= 15 is 0 Å². The van der Waals surface area contributed by atoms with Crippen LogP contribution < -0.4 is 5.48 Å². The van der Waals surface area contributed by atoms with E-state index in [0.717, 1.165) is 12.3 Å². The van der Waals surface area contributed by atoms with Gasteiger partial charge in [-0.05, 0) is 32.8 Å². The minimum absolute atomic E-state index is 0. The summed E-state index contributed by atoms with van der Waals surface area (Å²) < 4.78 is 11.7. The Bertz CT molecular complexity index is 553. The van der Waals surface area contributed by atoms with Gasteiger partial charge in [-0.1, -0.05) is 108 Å². The fraction of sp³-hybridized carbons (Fsp3) is 0.938. The van der Waals surface area contributed by atoms with Gasteiger partial charge in [0.25, 0.3) is 0 Å². The molecule has 0 aromatic heterocycles. The van der Waals surface area contributed by atoms with Crippen LogP contribution in [0.1, 0.15) is 123 Å². The van der Waals surface area contributed by atoms with Gasteiger partial charge in [0.15, 0.2) is 0 Å². The fourth-order valence-electron chi connectivity index (χ4n) is 3.39. The maximum absolute atomic E-state index is 10.2. The molecule has 0 aromatic rings. The molecule has 0 aliphatic carbocycles. The van der Waals surface area contributed by atoms with Crippen molar-refractivity contribution in [3.63, 3.8) is 0 Å². The molecule has 9 heteroatoms. The van der Waals surface area contributed by atoms with Crippen molar-refractivity contribution in [3.8, 4) is 0 Å². The maximum Gasteiger partial charge on any atom is 2.00 e. The van der Waals surface area contributed by atoms with E-state index < -0.39 is 29.5 Å². The minimum Gasteiger partial charge on any atom is -0.422 e. The number of nitrogens with one attached hydrogen (secondary N) is 1. The van der Waals surface area contributed by atoms with E-state index in [1.54, 1.807) is 20.8 Å². The number of thiol groups is 1. The molecule has 7 nitrogen and oxygen atoms in total. The fourth-order valence-corrected chi connectivity index (χ4v) is 3.39. The topological polar surface area (TPSA) is 111 Å². The summed E-state index contributed by atoms with van der Waals surface area (Å²) in [5, 5.41) is 37.3. The van der Waals surface area contributed by atoms with E-state index in [1.807, 2.05) is 39.6 Å². The third kappa shape index (κ3) is 28.3. The summed E-state index contributed by atoms with van der Waals surface area (Å²) in [6.45, 7) is 34.4. The maximum atomic E-state index is 10.2. The van der Waals surface area contributed by atoms with Gasteiger partial charge in [0.1, 0.15) is 6.29 Å². The van der Waals surface area contributed by atoms with Crippen molar-refractivity contribution < 1.29 is 61.1 Å². The third-order valence-corrected chi connectivity index (χ3v) is 6.43. The van der Waals surface area contributed by atoms with Crippen LogP contribution in [0.5, 0.6) is 0 Å². The van der Waals surface area contributed by atoms with Crippen molar-refractivity contribution >= 4 is 12.6 Å². The Morgan fingerprint density at radius 2 is 1.44 bits per heavy atom. The molecule has 0 saturated carbocycles. The van der Waals surface area contributed by atoms with E-state index in [-0.39, 0.29) is 54.4 Å². The molecule has 1 fully saturated rings. The van der Waals surface area contributed by atoms with Crippen LogP contribution in [0.15, 0.2) is 0 Å². The second-order valence-corrected chi connectivity index (χ2v) is 13.7. The molecule has 1 heterocycles. The van der Waals surface area contributed by atoms with Gasteiger partial charge in [0, 0.05) is 5.41 Å². The van der Waals surface area contributed by atoms with Gasteiger partial charge in [-0.2, -0.15) is 23.5 Å². The van der Waals surface area contributed by atoms with Crippen LogP contribution in [0.4, 0.5) is 0 Å². The smallest absolute Gasteiger partial charge is 0.422 e. The number of rotatable bonds is 10. The summed E-state index contributed by atoms with van der Waals surface area (Å²) in [7, 11) is 0. The van der Waals surface area contributed by atoms with Crippen LogP contribution >= 0.6 is 12.6 Å². The molecule has 1 aliphatic rings. The number of ether oxygens (including phenoxy) is 2. The number of aliphatic hydroxyl groups is 3. The number of hydroxylamine groups is 1. The average molecular weight is 836 g/mol. The van der Waals surface area contributed by atoms with Gasteiger partial charge in [0.2, 0.25) is 0 Å². The Labute approximate surface area is 285 Å². The monoisotopic (exact) mass is 836 g/mol. The third-order valence-electron chi connectivity index (χ3n) is 6.32.